The van der Waals surface area contributed by atoms with Crippen LogP contribution in [0.25, 0.3) is 0 Å². The van der Waals surface area contributed by atoms with Crippen molar-refractivity contribution in [3.8, 4) is 0 Å². The standard InChI is InChI=1S/C23H37N3O3/c1-14(19(27)25-22(2,3)4)24-20(28)18-6-5-7-26(18)21(29)23-11-15-8-16(12-23)10-17(9-15)13-23/h14-18H,5-13H2,1-4H3,(H,24,28)(H,25,27). The first kappa shape index (κ1) is 20.7. The fourth-order valence-corrected chi connectivity index (χ4v) is 6.81. The van der Waals surface area contributed by atoms with E-state index in [-0.39, 0.29) is 28.7 Å². The third-order valence-corrected chi connectivity index (χ3v) is 7.56. The van der Waals surface area contributed by atoms with Gasteiger partial charge in [0.15, 0.2) is 0 Å². The number of likely N-dealkylation sites (tertiary alicyclic amines) is 1. The highest BCUT2D eigenvalue weighted by molar-refractivity contribution is 5.93. The molecule has 4 saturated carbocycles. The monoisotopic (exact) mass is 403 g/mol. The first-order valence-corrected chi connectivity index (χ1v) is 11.5. The van der Waals surface area contributed by atoms with Gasteiger partial charge in [-0.2, -0.15) is 0 Å². The molecule has 2 unspecified atom stereocenters. The fourth-order valence-electron chi connectivity index (χ4n) is 6.81. The largest absolute Gasteiger partial charge is 0.350 e. The van der Waals surface area contributed by atoms with Gasteiger partial charge >= 0.3 is 0 Å². The van der Waals surface area contributed by atoms with Crippen LogP contribution in [-0.4, -0.2) is 46.8 Å². The Morgan fingerprint density at radius 2 is 1.55 bits per heavy atom. The van der Waals surface area contributed by atoms with Crippen molar-refractivity contribution in [1.29, 1.82) is 0 Å². The van der Waals surface area contributed by atoms with E-state index < -0.39 is 12.1 Å². The van der Waals surface area contributed by atoms with Crippen LogP contribution in [0.4, 0.5) is 0 Å². The number of rotatable bonds is 4. The molecule has 162 valence electrons. The summed E-state index contributed by atoms with van der Waals surface area (Å²) in [6.45, 7) is 8.13. The van der Waals surface area contributed by atoms with Crippen LogP contribution in [-0.2, 0) is 14.4 Å². The first-order chi connectivity index (χ1) is 13.6. The van der Waals surface area contributed by atoms with Crippen LogP contribution < -0.4 is 10.6 Å². The van der Waals surface area contributed by atoms with Gasteiger partial charge < -0.3 is 15.5 Å². The average Bonchev–Trinajstić information content (AvgIpc) is 3.08. The number of carbonyl (C=O) groups excluding carboxylic acids is 3. The normalized spacial score (nSPS) is 36.8. The minimum atomic E-state index is -0.612. The molecule has 5 rings (SSSR count). The molecule has 4 bridgehead atoms. The molecule has 0 aromatic rings. The van der Waals surface area contributed by atoms with Gasteiger partial charge in [0.2, 0.25) is 17.7 Å². The van der Waals surface area contributed by atoms with Gasteiger partial charge in [0, 0.05) is 12.1 Å². The fraction of sp³-hybridized carbons (Fsp3) is 0.870. The van der Waals surface area contributed by atoms with Crippen molar-refractivity contribution >= 4 is 17.7 Å². The maximum atomic E-state index is 13.7. The van der Waals surface area contributed by atoms with Crippen LogP contribution in [0.15, 0.2) is 0 Å². The molecular weight excluding hydrogens is 366 g/mol. The van der Waals surface area contributed by atoms with Crippen molar-refractivity contribution in [2.24, 2.45) is 23.2 Å². The van der Waals surface area contributed by atoms with E-state index in [0.717, 1.165) is 25.7 Å². The Labute approximate surface area is 174 Å². The summed E-state index contributed by atoms with van der Waals surface area (Å²) in [6, 6.07) is -1.04. The zero-order chi connectivity index (χ0) is 21.0. The SMILES string of the molecule is CC(NC(=O)C1CCCN1C(=O)C12CC3CC(CC(C3)C1)C2)C(=O)NC(C)(C)C. The van der Waals surface area contributed by atoms with Crippen LogP contribution >= 0.6 is 0 Å². The number of nitrogens with zero attached hydrogens (tertiary/aromatic N) is 1. The van der Waals surface area contributed by atoms with E-state index in [1.807, 2.05) is 25.7 Å². The molecule has 0 aromatic carbocycles. The second kappa shape index (κ2) is 7.28. The number of hydrogen-bond donors (Lipinski definition) is 2. The van der Waals surface area contributed by atoms with Crippen molar-refractivity contribution in [3.63, 3.8) is 0 Å². The number of amides is 3. The highest BCUT2D eigenvalue weighted by Crippen LogP contribution is 2.60. The van der Waals surface area contributed by atoms with Gasteiger partial charge in [-0.1, -0.05) is 0 Å². The van der Waals surface area contributed by atoms with Gasteiger partial charge in [-0.25, -0.2) is 0 Å². The molecule has 0 radical (unpaired) electrons. The van der Waals surface area contributed by atoms with Crippen molar-refractivity contribution in [2.45, 2.75) is 96.7 Å². The Morgan fingerprint density at radius 1 is 1.00 bits per heavy atom. The van der Waals surface area contributed by atoms with Crippen LogP contribution in [0.5, 0.6) is 0 Å². The van der Waals surface area contributed by atoms with E-state index in [0.29, 0.717) is 30.7 Å². The highest BCUT2D eigenvalue weighted by atomic mass is 16.2. The third-order valence-electron chi connectivity index (χ3n) is 7.56. The van der Waals surface area contributed by atoms with Gasteiger partial charge in [0.05, 0.1) is 5.41 Å². The molecule has 5 fully saturated rings. The van der Waals surface area contributed by atoms with E-state index in [1.165, 1.54) is 19.3 Å². The van der Waals surface area contributed by atoms with Crippen LogP contribution in [0.3, 0.4) is 0 Å². The van der Waals surface area contributed by atoms with E-state index in [4.69, 9.17) is 0 Å². The van der Waals surface area contributed by atoms with Gasteiger partial charge in [-0.15, -0.1) is 0 Å². The zero-order valence-electron chi connectivity index (χ0n) is 18.4. The molecule has 6 heteroatoms. The topological polar surface area (TPSA) is 78.5 Å². The summed E-state index contributed by atoms with van der Waals surface area (Å²) >= 11 is 0. The Bertz CT molecular complexity index is 661. The van der Waals surface area contributed by atoms with Gasteiger partial charge in [-0.05, 0) is 96.8 Å². The van der Waals surface area contributed by atoms with E-state index in [9.17, 15) is 14.4 Å². The number of nitrogens with one attached hydrogen (secondary N) is 2. The predicted molar refractivity (Wildman–Crippen MR) is 111 cm³/mol. The Balaban J connectivity index is 1.42. The lowest BCUT2D eigenvalue weighted by atomic mass is 9.49. The predicted octanol–water partition coefficient (Wildman–Crippen LogP) is 2.61. The highest BCUT2D eigenvalue weighted by Gasteiger charge is 2.56. The van der Waals surface area contributed by atoms with Crippen molar-refractivity contribution in [3.05, 3.63) is 0 Å². The Morgan fingerprint density at radius 3 is 2.07 bits per heavy atom. The maximum absolute atomic E-state index is 13.7. The Hall–Kier alpha value is -1.59. The summed E-state index contributed by atoms with van der Waals surface area (Å²) in [7, 11) is 0. The smallest absolute Gasteiger partial charge is 0.243 e. The van der Waals surface area contributed by atoms with E-state index >= 15 is 0 Å². The molecule has 0 aromatic heterocycles. The Kier molecular flexibility index (Phi) is 5.19. The minimum Gasteiger partial charge on any atom is -0.350 e. The van der Waals surface area contributed by atoms with Gasteiger partial charge in [0.1, 0.15) is 12.1 Å². The molecule has 2 N–H and O–H groups in total. The average molecular weight is 404 g/mol. The molecule has 0 spiro atoms. The van der Waals surface area contributed by atoms with E-state index in [1.54, 1.807) is 6.92 Å². The van der Waals surface area contributed by atoms with Crippen molar-refractivity contribution in [1.82, 2.24) is 15.5 Å². The lowest BCUT2D eigenvalue weighted by molar-refractivity contribution is -0.160. The van der Waals surface area contributed by atoms with Crippen LogP contribution in [0.1, 0.15) is 79.1 Å². The molecule has 3 amide bonds. The van der Waals surface area contributed by atoms with Gasteiger partial charge in [0.25, 0.3) is 0 Å². The molecule has 1 saturated heterocycles. The van der Waals surface area contributed by atoms with Gasteiger partial charge in [-0.3, -0.25) is 14.4 Å². The molecule has 29 heavy (non-hydrogen) atoms. The summed E-state index contributed by atoms with van der Waals surface area (Å²) in [4.78, 5) is 40.9. The molecule has 1 aliphatic heterocycles. The molecule has 1 heterocycles. The summed E-state index contributed by atoms with van der Waals surface area (Å²) < 4.78 is 0. The molecule has 5 aliphatic rings. The zero-order valence-corrected chi connectivity index (χ0v) is 18.4. The maximum Gasteiger partial charge on any atom is 0.243 e. The summed E-state index contributed by atoms with van der Waals surface area (Å²) in [6.07, 6.45) is 8.52. The lowest BCUT2D eigenvalue weighted by Gasteiger charge is -2.56. The molecule has 4 aliphatic carbocycles. The second-order valence-corrected chi connectivity index (χ2v) is 11.3. The summed E-state index contributed by atoms with van der Waals surface area (Å²) in [5.74, 6) is 1.98. The summed E-state index contributed by atoms with van der Waals surface area (Å²) in [5, 5.41) is 5.76. The third kappa shape index (κ3) is 4.04. The number of hydrogen-bond acceptors (Lipinski definition) is 3. The second-order valence-electron chi connectivity index (χ2n) is 11.3. The first-order valence-electron chi connectivity index (χ1n) is 11.5. The van der Waals surface area contributed by atoms with E-state index in [2.05, 4.69) is 10.6 Å². The van der Waals surface area contributed by atoms with Crippen molar-refractivity contribution < 1.29 is 14.4 Å². The minimum absolute atomic E-state index is 0.183. The number of carbonyl (C=O) groups is 3. The lowest BCUT2D eigenvalue weighted by Crippen LogP contribution is -2.58. The molecule has 6 nitrogen and oxygen atoms in total. The van der Waals surface area contributed by atoms with Crippen LogP contribution in [0, 0.1) is 23.2 Å². The van der Waals surface area contributed by atoms with Crippen molar-refractivity contribution in [2.75, 3.05) is 6.54 Å². The molecular formula is C23H37N3O3. The molecule has 2 atom stereocenters. The quantitative estimate of drug-likeness (QED) is 0.757. The summed E-state index contributed by atoms with van der Waals surface area (Å²) in [5.41, 5.74) is -0.559. The van der Waals surface area contributed by atoms with Crippen LogP contribution in [0.2, 0.25) is 0 Å².